The molecule has 0 spiro atoms. The lowest BCUT2D eigenvalue weighted by Crippen LogP contribution is -2.28. The van der Waals surface area contributed by atoms with Crippen LogP contribution in [0.2, 0.25) is 0 Å². The topological polar surface area (TPSA) is 3.24 Å². The Hall–Kier alpha value is -0.0400. The second kappa shape index (κ2) is 2.54. The molecule has 0 N–H and O–H groups in total. The van der Waals surface area contributed by atoms with E-state index in [9.17, 15) is 0 Å². The molecule has 0 radical (unpaired) electrons. The molecule has 0 saturated heterocycles. The van der Waals surface area contributed by atoms with E-state index in [1.54, 1.807) is 0 Å². The Labute approximate surface area is 63.4 Å². The van der Waals surface area contributed by atoms with Gasteiger partial charge in [-0.15, -0.1) is 0 Å². The van der Waals surface area contributed by atoms with Crippen LogP contribution in [0.4, 0.5) is 0 Å². The summed E-state index contributed by atoms with van der Waals surface area (Å²) in [6.45, 7) is 3.65. The summed E-state index contributed by atoms with van der Waals surface area (Å²) < 4.78 is 0. The van der Waals surface area contributed by atoms with Crippen molar-refractivity contribution in [3.8, 4) is 0 Å². The highest BCUT2D eigenvalue weighted by Crippen LogP contribution is 2.36. The van der Waals surface area contributed by atoms with Crippen LogP contribution in [0.5, 0.6) is 0 Å². The molecular formula is C9H17N. The molecule has 2 aliphatic carbocycles. The maximum absolute atomic E-state index is 2.74. The first kappa shape index (κ1) is 6.66. The van der Waals surface area contributed by atoms with E-state index in [4.69, 9.17) is 0 Å². The summed E-state index contributed by atoms with van der Waals surface area (Å²) >= 11 is 0. The van der Waals surface area contributed by atoms with Crippen LogP contribution in [-0.4, -0.2) is 23.5 Å². The fourth-order valence-electron chi connectivity index (χ4n) is 1.73. The first-order valence-electron chi connectivity index (χ1n) is 4.67. The van der Waals surface area contributed by atoms with Crippen molar-refractivity contribution in [3.05, 3.63) is 0 Å². The number of nitrogens with zero attached hydrogens (tertiary/aromatic N) is 1. The first-order valence-corrected chi connectivity index (χ1v) is 4.67. The van der Waals surface area contributed by atoms with Gasteiger partial charge in [0, 0.05) is 12.1 Å². The van der Waals surface area contributed by atoms with Crippen LogP contribution in [0.15, 0.2) is 0 Å². The standard InChI is InChI=1S/C9H17N/c1-2-7-10(8-3-4-8)9-5-6-9/h8-9H,2-7H2,1H3. The molecule has 0 aromatic heterocycles. The predicted octanol–water partition coefficient (Wildman–Crippen LogP) is 2.02. The highest BCUT2D eigenvalue weighted by atomic mass is 15.2. The van der Waals surface area contributed by atoms with Crippen LogP contribution >= 0.6 is 0 Å². The quantitative estimate of drug-likeness (QED) is 0.576. The second-order valence-corrected chi connectivity index (χ2v) is 3.70. The molecular weight excluding hydrogens is 122 g/mol. The van der Waals surface area contributed by atoms with Gasteiger partial charge < -0.3 is 0 Å². The summed E-state index contributed by atoms with van der Waals surface area (Å²) in [5.74, 6) is 0. The minimum atomic E-state index is 1.01. The number of hydrogen-bond donors (Lipinski definition) is 0. The molecule has 10 heavy (non-hydrogen) atoms. The van der Waals surface area contributed by atoms with E-state index in [0.717, 1.165) is 12.1 Å². The fourth-order valence-corrected chi connectivity index (χ4v) is 1.73. The van der Waals surface area contributed by atoms with Gasteiger partial charge in [0.05, 0.1) is 0 Å². The smallest absolute Gasteiger partial charge is 0.00993 e. The van der Waals surface area contributed by atoms with Crippen LogP contribution in [0.1, 0.15) is 39.0 Å². The molecule has 2 saturated carbocycles. The zero-order valence-electron chi connectivity index (χ0n) is 6.84. The Bertz CT molecular complexity index is 102. The molecule has 58 valence electrons. The van der Waals surface area contributed by atoms with Gasteiger partial charge in [0.25, 0.3) is 0 Å². The molecule has 0 amide bonds. The third-order valence-corrected chi connectivity index (χ3v) is 2.51. The first-order chi connectivity index (χ1) is 4.92. The molecule has 0 heterocycles. The Kier molecular flexibility index (Phi) is 1.69. The van der Waals surface area contributed by atoms with Crippen molar-refractivity contribution >= 4 is 0 Å². The van der Waals surface area contributed by atoms with Crippen LogP contribution in [0.3, 0.4) is 0 Å². The summed E-state index contributed by atoms with van der Waals surface area (Å²) in [5, 5.41) is 0. The minimum Gasteiger partial charge on any atom is -0.297 e. The molecule has 0 bridgehead atoms. The fraction of sp³-hybridized carbons (Fsp3) is 1.00. The van der Waals surface area contributed by atoms with E-state index in [0.29, 0.717) is 0 Å². The summed E-state index contributed by atoms with van der Waals surface area (Å²) in [7, 11) is 0. The Morgan fingerprint density at radius 3 is 1.90 bits per heavy atom. The number of rotatable bonds is 4. The van der Waals surface area contributed by atoms with E-state index in [1.807, 2.05) is 0 Å². The van der Waals surface area contributed by atoms with E-state index >= 15 is 0 Å². The summed E-state index contributed by atoms with van der Waals surface area (Å²) in [4.78, 5) is 2.74. The SMILES string of the molecule is CCCN(C1CC1)C1CC1. The maximum atomic E-state index is 2.74. The monoisotopic (exact) mass is 139 g/mol. The molecule has 0 aromatic carbocycles. The van der Waals surface area contributed by atoms with Gasteiger partial charge in [-0.2, -0.15) is 0 Å². The van der Waals surface area contributed by atoms with E-state index in [1.165, 1.54) is 38.6 Å². The van der Waals surface area contributed by atoms with Crippen molar-refractivity contribution in [2.24, 2.45) is 0 Å². The second-order valence-electron chi connectivity index (χ2n) is 3.70. The van der Waals surface area contributed by atoms with Crippen molar-refractivity contribution in [1.29, 1.82) is 0 Å². The van der Waals surface area contributed by atoms with Crippen molar-refractivity contribution in [1.82, 2.24) is 4.90 Å². The summed E-state index contributed by atoms with van der Waals surface area (Å²) in [6, 6.07) is 2.01. The molecule has 2 aliphatic rings. The molecule has 0 aromatic rings. The number of hydrogen-bond acceptors (Lipinski definition) is 1. The highest BCUT2D eigenvalue weighted by Gasteiger charge is 2.37. The van der Waals surface area contributed by atoms with Gasteiger partial charge >= 0.3 is 0 Å². The van der Waals surface area contributed by atoms with Gasteiger partial charge in [0.2, 0.25) is 0 Å². The maximum Gasteiger partial charge on any atom is 0.00993 e. The zero-order chi connectivity index (χ0) is 6.97. The third-order valence-electron chi connectivity index (χ3n) is 2.51. The zero-order valence-corrected chi connectivity index (χ0v) is 6.84. The predicted molar refractivity (Wildman–Crippen MR) is 43.0 cm³/mol. The largest absolute Gasteiger partial charge is 0.297 e. The lowest BCUT2D eigenvalue weighted by molar-refractivity contribution is 0.253. The molecule has 0 aliphatic heterocycles. The van der Waals surface area contributed by atoms with Gasteiger partial charge in [0.15, 0.2) is 0 Å². The Morgan fingerprint density at radius 1 is 1.10 bits per heavy atom. The highest BCUT2D eigenvalue weighted by molar-refractivity contribution is 4.94. The molecule has 2 rings (SSSR count). The van der Waals surface area contributed by atoms with Gasteiger partial charge in [-0.1, -0.05) is 6.92 Å². The van der Waals surface area contributed by atoms with E-state index in [2.05, 4.69) is 11.8 Å². The van der Waals surface area contributed by atoms with Crippen molar-refractivity contribution < 1.29 is 0 Å². The summed E-state index contributed by atoms with van der Waals surface area (Å²) in [5.41, 5.74) is 0. The van der Waals surface area contributed by atoms with Gasteiger partial charge in [-0.3, -0.25) is 4.90 Å². The van der Waals surface area contributed by atoms with Crippen molar-refractivity contribution in [3.63, 3.8) is 0 Å². The lowest BCUT2D eigenvalue weighted by Gasteiger charge is -2.19. The molecule has 0 unspecified atom stereocenters. The van der Waals surface area contributed by atoms with Crippen LogP contribution in [0, 0.1) is 0 Å². The summed E-state index contributed by atoms with van der Waals surface area (Å²) in [6.07, 6.45) is 7.27. The van der Waals surface area contributed by atoms with Crippen molar-refractivity contribution in [2.75, 3.05) is 6.54 Å². The third kappa shape index (κ3) is 1.34. The van der Waals surface area contributed by atoms with Gasteiger partial charge in [-0.25, -0.2) is 0 Å². The molecule has 2 fully saturated rings. The van der Waals surface area contributed by atoms with Gasteiger partial charge in [-0.05, 0) is 38.6 Å². The van der Waals surface area contributed by atoms with Crippen molar-refractivity contribution in [2.45, 2.75) is 51.1 Å². The Balaban J connectivity index is 1.80. The van der Waals surface area contributed by atoms with E-state index < -0.39 is 0 Å². The molecule has 1 nitrogen and oxygen atoms in total. The van der Waals surface area contributed by atoms with Crippen LogP contribution in [0.25, 0.3) is 0 Å². The van der Waals surface area contributed by atoms with Crippen LogP contribution in [-0.2, 0) is 0 Å². The van der Waals surface area contributed by atoms with E-state index in [-0.39, 0.29) is 0 Å². The normalized spacial score (nSPS) is 25.8. The average Bonchev–Trinajstić information content (AvgIpc) is 2.77. The Morgan fingerprint density at radius 2 is 1.60 bits per heavy atom. The average molecular weight is 139 g/mol. The molecule has 1 heteroatoms. The minimum absolute atomic E-state index is 1.01. The van der Waals surface area contributed by atoms with Gasteiger partial charge in [0.1, 0.15) is 0 Å². The molecule has 0 atom stereocenters. The lowest BCUT2D eigenvalue weighted by atomic mass is 10.4. The van der Waals surface area contributed by atoms with Crippen LogP contribution < -0.4 is 0 Å².